The summed E-state index contributed by atoms with van der Waals surface area (Å²) in [6.07, 6.45) is 0. The lowest BCUT2D eigenvalue weighted by Crippen LogP contribution is -2.56. The molecule has 0 aliphatic rings. The van der Waals surface area contributed by atoms with Crippen molar-refractivity contribution in [1.82, 2.24) is 5.32 Å². The lowest BCUT2D eigenvalue weighted by Gasteiger charge is -2.27. The zero-order chi connectivity index (χ0) is 9.78. The van der Waals surface area contributed by atoms with E-state index in [1.807, 2.05) is 6.92 Å². The number of carboxylic acid groups (broad SMARTS) is 1. The third kappa shape index (κ3) is 3.00. The Balaban J connectivity index is 4.23. The van der Waals surface area contributed by atoms with Crippen LogP contribution >= 0.6 is 12.6 Å². The molecule has 0 aromatic rings. The Morgan fingerprint density at radius 1 is 1.83 bits per heavy atom. The molecule has 4 nitrogen and oxygen atoms in total. The molecule has 0 aliphatic carbocycles. The van der Waals surface area contributed by atoms with E-state index in [4.69, 9.17) is 10.8 Å². The van der Waals surface area contributed by atoms with Crippen LogP contribution in [0.1, 0.15) is 13.8 Å². The number of carbonyl (C=O) groups is 1. The molecule has 0 unspecified atom stereocenters. The standard InChI is InChI=1S/C7H16N2O2S/c1-5(3-8)9-7(2,4-12)6(10)11/h5,9,12H,3-4,8H2,1-2H3,(H,10,11)/t5-,7+/m1/s1. The summed E-state index contributed by atoms with van der Waals surface area (Å²) in [5, 5.41) is 11.7. The van der Waals surface area contributed by atoms with Crippen LogP contribution in [0.5, 0.6) is 0 Å². The Labute approximate surface area is 77.9 Å². The SMILES string of the molecule is C[C@H](CN)N[C@@](C)(CS)C(=O)O. The van der Waals surface area contributed by atoms with Crippen LogP contribution in [-0.4, -0.2) is 35.0 Å². The highest BCUT2D eigenvalue weighted by Crippen LogP contribution is 2.07. The molecule has 5 heteroatoms. The third-order valence-corrected chi connectivity index (χ3v) is 2.34. The third-order valence-electron chi connectivity index (χ3n) is 1.71. The molecule has 0 bridgehead atoms. The van der Waals surface area contributed by atoms with Crippen molar-refractivity contribution < 1.29 is 9.90 Å². The van der Waals surface area contributed by atoms with E-state index >= 15 is 0 Å². The Morgan fingerprint density at radius 2 is 2.33 bits per heavy atom. The highest BCUT2D eigenvalue weighted by atomic mass is 32.1. The number of hydrogen-bond donors (Lipinski definition) is 4. The molecule has 0 aromatic carbocycles. The summed E-state index contributed by atoms with van der Waals surface area (Å²) < 4.78 is 0. The number of thiol groups is 1. The summed E-state index contributed by atoms with van der Waals surface area (Å²) in [7, 11) is 0. The lowest BCUT2D eigenvalue weighted by molar-refractivity contribution is -0.143. The molecule has 0 saturated heterocycles. The van der Waals surface area contributed by atoms with Crippen LogP contribution in [0.3, 0.4) is 0 Å². The van der Waals surface area contributed by atoms with Gasteiger partial charge >= 0.3 is 5.97 Å². The molecule has 0 amide bonds. The van der Waals surface area contributed by atoms with Crippen molar-refractivity contribution in [3.63, 3.8) is 0 Å². The van der Waals surface area contributed by atoms with Crippen LogP contribution in [0, 0.1) is 0 Å². The molecule has 0 spiro atoms. The van der Waals surface area contributed by atoms with E-state index < -0.39 is 11.5 Å². The maximum atomic E-state index is 10.8. The van der Waals surface area contributed by atoms with E-state index in [0.717, 1.165) is 0 Å². The highest BCUT2D eigenvalue weighted by Gasteiger charge is 2.32. The van der Waals surface area contributed by atoms with Gasteiger partial charge in [-0.25, -0.2) is 0 Å². The predicted octanol–water partition coefficient (Wildman–Crippen LogP) is -0.304. The zero-order valence-corrected chi connectivity index (χ0v) is 8.27. The van der Waals surface area contributed by atoms with Gasteiger partial charge < -0.3 is 10.8 Å². The van der Waals surface area contributed by atoms with Crippen molar-refractivity contribution in [2.24, 2.45) is 5.73 Å². The number of aliphatic carboxylic acids is 1. The average molecular weight is 192 g/mol. The molecule has 72 valence electrons. The van der Waals surface area contributed by atoms with Gasteiger partial charge in [0.15, 0.2) is 0 Å². The number of carboxylic acids is 1. The van der Waals surface area contributed by atoms with Crippen molar-refractivity contribution in [1.29, 1.82) is 0 Å². The van der Waals surface area contributed by atoms with Crippen LogP contribution in [0.4, 0.5) is 0 Å². The van der Waals surface area contributed by atoms with Crippen molar-refractivity contribution in [2.45, 2.75) is 25.4 Å². The first kappa shape index (κ1) is 11.7. The van der Waals surface area contributed by atoms with Crippen LogP contribution < -0.4 is 11.1 Å². The quantitative estimate of drug-likeness (QED) is 0.451. The first-order chi connectivity index (χ1) is 5.46. The smallest absolute Gasteiger partial charge is 0.324 e. The van der Waals surface area contributed by atoms with Gasteiger partial charge in [0.05, 0.1) is 0 Å². The molecule has 4 N–H and O–H groups in total. The normalized spacial score (nSPS) is 18.3. The topological polar surface area (TPSA) is 75.3 Å². The van der Waals surface area contributed by atoms with Crippen LogP contribution in [-0.2, 0) is 4.79 Å². The van der Waals surface area contributed by atoms with Gasteiger partial charge in [0.1, 0.15) is 5.54 Å². The fourth-order valence-corrected chi connectivity index (χ4v) is 1.00. The molecule has 0 rings (SSSR count). The summed E-state index contributed by atoms with van der Waals surface area (Å²) in [6.45, 7) is 3.84. The van der Waals surface area contributed by atoms with E-state index in [9.17, 15) is 4.79 Å². The molecule has 0 saturated carbocycles. The molecule has 0 radical (unpaired) electrons. The minimum absolute atomic E-state index is 0.0155. The van der Waals surface area contributed by atoms with Gasteiger partial charge in [-0.2, -0.15) is 12.6 Å². The summed E-state index contributed by atoms with van der Waals surface area (Å²) in [4.78, 5) is 10.8. The minimum Gasteiger partial charge on any atom is -0.480 e. The summed E-state index contributed by atoms with van der Waals surface area (Å²) in [5.41, 5.74) is 4.37. The van der Waals surface area contributed by atoms with Gasteiger partial charge in [-0.1, -0.05) is 0 Å². The minimum atomic E-state index is -0.984. The van der Waals surface area contributed by atoms with Crippen molar-refractivity contribution in [3.8, 4) is 0 Å². The fourth-order valence-electron chi connectivity index (χ4n) is 0.778. The van der Waals surface area contributed by atoms with E-state index in [0.29, 0.717) is 6.54 Å². The summed E-state index contributed by atoms with van der Waals surface area (Å²) >= 11 is 3.97. The number of rotatable bonds is 5. The Kier molecular flexibility index (Phi) is 4.59. The van der Waals surface area contributed by atoms with Crippen LogP contribution in [0.15, 0.2) is 0 Å². The monoisotopic (exact) mass is 192 g/mol. The van der Waals surface area contributed by atoms with E-state index in [-0.39, 0.29) is 11.8 Å². The fraction of sp³-hybridized carbons (Fsp3) is 0.857. The van der Waals surface area contributed by atoms with E-state index in [1.54, 1.807) is 6.92 Å². The largest absolute Gasteiger partial charge is 0.480 e. The molecule has 0 aliphatic heterocycles. The molecule has 12 heavy (non-hydrogen) atoms. The Hall–Kier alpha value is -0.260. The van der Waals surface area contributed by atoms with Gasteiger partial charge in [-0.3, -0.25) is 10.1 Å². The van der Waals surface area contributed by atoms with Crippen molar-refractivity contribution >= 4 is 18.6 Å². The van der Waals surface area contributed by atoms with Gasteiger partial charge in [0.2, 0.25) is 0 Å². The molecule has 0 fully saturated rings. The molecular formula is C7H16N2O2S. The number of hydrogen-bond acceptors (Lipinski definition) is 4. The second-order valence-electron chi connectivity index (χ2n) is 3.08. The predicted molar refractivity (Wildman–Crippen MR) is 51.5 cm³/mol. The van der Waals surface area contributed by atoms with Crippen LogP contribution in [0.2, 0.25) is 0 Å². The zero-order valence-electron chi connectivity index (χ0n) is 7.37. The maximum Gasteiger partial charge on any atom is 0.324 e. The summed E-state index contributed by atoms with van der Waals surface area (Å²) in [5.74, 6) is -0.662. The average Bonchev–Trinajstić information content (AvgIpc) is 2.03. The molecule has 0 heterocycles. The first-order valence-corrected chi connectivity index (χ1v) is 4.41. The van der Waals surface area contributed by atoms with Gasteiger partial charge in [-0.05, 0) is 13.8 Å². The van der Waals surface area contributed by atoms with E-state index in [1.165, 1.54) is 0 Å². The Bertz CT molecular complexity index is 165. The maximum absolute atomic E-state index is 10.8. The van der Waals surface area contributed by atoms with Gasteiger partial charge in [0.25, 0.3) is 0 Å². The number of nitrogens with two attached hydrogens (primary N) is 1. The van der Waals surface area contributed by atoms with Crippen LogP contribution in [0.25, 0.3) is 0 Å². The second kappa shape index (κ2) is 4.69. The molecule has 0 aromatic heterocycles. The molecular weight excluding hydrogens is 176 g/mol. The second-order valence-corrected chi connectivity index (χ2v) is 3.39. The number of nitrogens with one attached hydrogen (secondary N) is 1. The summed E-state index contributed by atoms with van der Waals surface area (Å²) in [6, 6.07) is -0.0155. The van der Waals surface area contributed by atoms with Crippen molar-refractivity contribution in [3.05, 3.63) is 0 Å². The first-order valence-electron chi connectivity index (χ1n) is 3.78. The van der Waals surface area contributed by atoms with Crippen molar-refractivity contribution in [2.75, 3.05) is 12.3 Å². The van der Waals surface area contributed by atoms with E-state index in [2.05, 4.69) is 17.9 Å². The van der Waals surface area contributed by atoms with Gasteiger partial charge in [-0.15, -0.1) is 0 Å². The van der Waals surface area contributed by atoms with Gasteiger partial charge in [0, 0.05) is 18.3 Å². The highest BCUT2D eigenvalue weighted by molar-refractivity contribution is 7.80. The Morgan fingerprint density at radius 3 is 2.58 bits per heavy atom. The lowest BCUT2D eigenvalue weighted by atomic mass is 10.0. The molecule has 2 atom stereocenters.